The summed E-state index contributed by atoms with van der Waals surface area (Å²) in [4.78, 5) is 33.6. The Bertz CT molecular complexity index is 1930. The zero-order valence-electron chi connectivity index (χ0n) is 23.6. The van der Waals surface area contributed by atoms with E-state index in [2.05, 4.69) is 0 Å². The van der Waals surface area contributed by atoms with E-state index in [4.69, 9.17) is 14.5 Å². The lowest BCUT2D eigenvalue weighted by Gasteiger charge is -2.23. The van der Waals surface area contributed by atoms with Crippen molar-refractivity contribution in [2.24, 2.45) is 0 Å². The van der Waals surface area contributed by atoms with Gasteiger partial charge in [-0.25, -0.2) is 4.98 Å². The Morgan fingerprint density at radius 3 is 2.70 bits per heavy atom. The number of ketones is 1. The van der Waals surface area contributed by atoms with Crippen molar-refractivity contribution in [3.05, 3.63) is 124 Å². The first-order chi connectivity index (χ1) is 20.9. The summed E-state index contributed by atoms with van der Waals surface area (Å²) < 4.78 is 12.8. The van der Waals surface area contributed by atoms with Gasteiger partial charge in [0.05, 0.1) is 21.8 Å². The standard InChI is InChI=1S/C35H28N2O5S/c1-20-11-13-27-29(15-20)43-35(36-27)37-31(23-9-6-10-26(18-23)41-19-22-7-4-3-5-8-22)30(33(39)34(37)40)32(38)24-12-14-28-25(17-24)16-21(2)42-28/h3-15,17-18,21,31,38H,16,19H2,1-2H3/b32-30+/t21-,31+/m0/s1. The Hall–Kier alpha value is -4.95. The summed E-state index contributed by atoms with van der Waals surface area (Å²) in [5.41, 5.74) is 4.85. The van der Waals surface area contributed by atoms with Gasteiger partial charge in [0.15, 0.2) is 5.13 Å². The number of Topliss-reactive ketones (excluding diaryl/α,β-unsaturated/α-hetero) is 1. The van der Waals surface area contributed by atoms with Crippen molar-refractivity contribution in [1.29, 1.82) is 0 Å². The number of aliphatic hydroxyl groups is 1. The van der Waals surface area contributed by atoms with Crippen molar-refractivity contribution >= 4 is 44.1 Å². The van der Waals surface area contributed by atoms with Crippen LogP contribution in [-0.2, 0) is 22.6 Å². The number of aliphatic hydroxyl groups excluding tert-OH is 1. The number of benzene rings is 4. The Balaban J connectivity index is 1.35. The predicted molar refractivity (Wildman–Crippen MR) is 167 cm³/mol. The highest BCUT2D eigenvalue weighted by Gasteiger charge is 2.48. The molecule has 7 nitrogen and oxygen atoms in total. The minimum absolute atomic E-state index is 0.00700. The third kappa shape index (κ3) is 4.93. The highest BCUT2D eigenvalue weighted by molar-refractivity contribution is 7.22. The Labute approximate surface area is 252 Å². The molecule has 0 spiro atoms. The Kier molecular flexibility index (Phi) is 6.70. The van der Waals surface area contributed by atoms with E-state index in [1.807, 2.05) is 92.7 Å². The minimum atomic E-state index is -0.912. The number of carbonyl (C=O) groups excluding carboxylic acids is 2. The number of hydrogen-bond acceptors (Lipinski definition) is 7. The summed E-state index contributed by atoms with van der Waals surface area (Å²) in [5, 5.41) is 12.1. The summed E-state index contributed by atoms with van der Waals surface area (Å²) in [6.45, 7) is 4.34. The zero-order valence-corrected chi connectivity index (χ0v) is 24.4. The lowest BCUT2D eigenvalue weighted by molar-refractivity contribution is -0.132. The predicted octanol–water partition coefficient (Wildman–Crippen LogP) is 7.13. The van der Waals surface area contributed by atoms with Gasteiger partial charge < -0.3 is 14.6 Å². The van der Waals surface area contributed by atoms with Gasteiger partial charge in [0.25, 0.3) is 5.78 Å². The molecule has 1 saturated heterocycles. The number of fused-ring (bicyclic) bond motifs is 2. The number of aryl methyl sites for hydroxylation is 1. The minimum Gasteiger partial charge on any atom is -0.507 e. The molecule has 214 valence electrons. The van der Waals surface area contributed by atoms with E-state index in [1.165, 1.54) is 16.2 Å². The molecule has 8 heteroatoms. The monoisotopic (exact) mass is 588 g/mol. The van der Waals surface area contributed by atoms with Crippen molar-refractivity contribution in [1.82, 2.24) is 4.98 Å². The number of carbonyl (C=O) groups is 2. The maximum Gasteiger partial charge on any atom is 0.301 e. The smallest absolute Gasteiger partial charge is 0.301 e. The average molecular weight is 589 g/mol. The lowest BCUT2D eigenvalue weighted by Crippen LogP contribution is -2.29. The van der Waals surface area contributed by atoms with Crippen LogP contribution in [0.25, 0.3) is 16.0 Å². The molecule has 7 rings (SSSR count). The molecule has 2 aliphatic rings. The van der Waals surface area contributed by atoms with Crippen molar-refractivity contribution in [3.63, 3.8) is 0 Å². The second-order valence-corrected chi connectivity index (χ2v) is 11.9. The SMILES string of the molecule is Cc1ccc2nc(N3C(=O)C(=O)/C(=C(/O)c4ccc5c(c4)C[C@H](C)O5)[C@H]3c3cccc(OCc4ccccc4)c3)sc2c1. The van der Waals surface area contributed by atoms with Crippen LogP contribution in [0.5, 0.6) is 11.5 Å². The Morgan fingerprint density at radius 1 is 1.02 bits per heavy atom. The lowest BCUT2D eigenvalue weighted by atomic mass is 9.94. The first kappa shape index (κ1) is 26.9. The topological polar surface area (TPSA) is 89.0 Å². The number of nitrogens with zero attached hydrogens (tertiary/aromatic N) is 2. The molecule has 43 heavy (non-hydrogen) atoms. The maximum atomic E-state index is 13.8. The van der Waals surface area contributed by atoms with Gasteiger partial charge in [-0.3, -0.25) is 14.5 Å². The number of aromatic nitrogens is 1. The van der Waals surface area contributed by atoms with Gasteiger partial charge in [0, 0.05) is 12.0 Å². The molecule has 0 aliphatic carbocycles. The fourth-order valence-corrected chi connectivity index (χ4v) is 6.80. The van der Waals surface area contributed by atoms with Gasteiger partial charge in [-0.1, -0.05) is 59.9 Å². The van der Waals surface area contributed by atoms with Crippen LogP contribution in [0.1, 0.15) is 40.8 Å². The van der Waals surface area contributed by atoms with Crippen molar-refractivity contribution in [2.75, 3.05) is 4.90 Å². The molecular weight excluding hydrogens is 560 g/mol. The molecule has 0 radical (unpaired) electrons. The van der Waals surface area contributed by atoms with Gasteiger partial charge in [-0.2, -0.15) is 0 Å². The molecule has 3 heterocycles. The van der Waals surface area contributed by atoms with E-state index in [1.54, 1.807) is 12.1 Å². The third-order valence-electron chi connectivity index (χ3n) is 7.77. The summed E-state index contributed by atoms with van der Waals surface area (Å²) in [5.74, 6) is -0.403. The summed E-state index contributed by atoms with van der Waals surface area (Å²) >= 11 is 1.34. The molecule has 0 bridgehead atoms. The van der Waals surface area contributed by atoms with Gasteiger partial charge in [0.2, 0.25) is 0 Å². The molecule has 1 amide bonds. The first-order valence-electron chi connectivity index (χ1n) is 14.1. The van der Waals surface area contributed by atoms with E-state index in [0.717, 1.165) is 32.7 Å². The molecule has 2 aliphatic heterocycles. The average Bonchev–Trinajstić information content (AvgIpc) is 3.68. The van der Waals surface area contributed by atoms with Crippen LogP contribution in [0.15, 0.2) is 96.6 Å². The van der Waals surface area contributed by atoms with Gasteiger partial charge in [0.1, 0.15) is 30.0 Å². The molecule has 1 N–H and O–H groups in total. The van der Waals surface area contributed by atoms with E-state index >= 15 is 0 Å². The number of hydrogen-bond donors (Lipinski definition) is 1. The molecular formula is C35H28N2O5S. The normalized spacial score (nSPS) is 19.1. The summed E-state index contributed by atoms with van der Waals surface area (Å²) in [7, 11) is 0. The Morgan fingerprint density at radius 2 is 1.86 bits per heavy atom. The second-order valence-electron chi connectivity index (χ2n) is 10.9. The fourth-order valence-electron chi connectivity index (χ4n) is 5.71. The third-order valence-corrected chi connectivity index (χ3v) is 8.79. The largest absolute Gasteiger partial charge is 0.507 e. The molecule has 1 aromatic heterocycles. The molecule has 0 unspecified atom stereocenters. The van der Waals surface area contributed by atoms with E-state index in [0.29, 0.717) is 35.0 Å². The van der Waals surface area contributed by atoms with Crippen LogP contribution >= 0.6 is 11.3 Å². The van der Waals surface area contributed by atoms with E-state index in [-0.39, 0.29) is 17.4 Å². The molecule has 2 atom stereocenters. The van der Waals surface area contributed by atoms with Crippen LogP contribution in [0.2, 0.25) is 0 Å². The zero-order chi connectivity index (χ0) is 29.7. The summed E-state index contributed by atoms with van der Waals surface area (Å²) in [6, 6.07) is 27.4. The summed E-state index contributed by atoms with van der Waals surface area (Å²) in [6.07, 6.45) is 0.722. The maximum absolute atomic E-state index is 13.8. The van der Waals surface area contributed by atoms with Crippen molar-refractivity contribution < 1.29 is 24.2 Å². The molecule has 4 aromatic carbocycles. The van der Waals surface area contributed by atoms with Crippen LogP contribution < -0.4 is 14.4 Å². The first-order valence-corrected chi connectivity index (χ1v) is 14.9. The van der Waals surface area contributed by atoms with Gasteiger partial charge >= 0.3 is 5.91 Å². The molecule has 0 saturated carbocycles. The highest BCUT2D eigenvalue weighted by Crippen LogP contribution is 2.45. The quantitative estimate of drug-likeness (QED) is 0.129. The number of anilines is 1. The molecule has 5 aromatic rings. The van der Waals surface area contributed by atoms with E-state index in [9.17, 15) is 14.7 Å². The fraction of sp³-hybridized carbons (Fsp3) is 0.171. The number of rotatable bonds is 6. The van der Waals surface area contributed by atoms with Crippen LogP contribution in [0.4, 0.5) is 5.13 Å². The molecule has 1 fully saturated rings. The number of ether oxygens (including phenoxy) is 2. The van der Waals surface area contributed by atoms with Crippen molar-refractivity contribution in [3.8, 4) is 11.5 Å². The number of thiazole rings is 1. The van der Waals surface area contributed by atoms with Crippen LogP contribution in [-0.4, -0.2) is 27.9 Å². The second kappa shape index (κ2) is 10.7. The van der Waals surface area contributed by atoms with Crippen LogP contribution in [0.3, 0.4) is 0 Å². The van der Waals surface area contributed by atoms with Gasteiger partial charge in [-0.05, 0) is 78.6 Å². The van der Waals surface area contributed by atoms with E-state index < -0.39 is 17.7 Å². The van der Waals surface area contributed by atoms with Crippen LogP contribution in [0, 0.1) is 6.92 Å². The highest BCUT2D eigenvalue weighted by atomic mass is 32.1. The van der Waals surface area contributed by atoms with Crippen molar-refractivity contribution in [2.45, 2.75) is 39.0 Å². The number of amides is 1. The van der Waals surface area contributed by atoms with Gasteiger partial charge in [-0.15, -0.1) is 0 Å².